The predicted octanol–water partition coefficient (Wildman–Crippen LogP) is 1.68. The van der Waals surface area contributed by atoms with Crippen molar-refractivity contribution in [1.29, 1.82) is 0 Å². The number of amides is 1. The van der Waals surface area contributed by atoms with E-state index in [1.807, 2.05) is 12.1 Å². The van der Waals surface area contributed by atoms with Crippen LogP contribution in [0.5, 0.6) is 5.75 Å². The Balaban J connectivity index is 2.43. The zero-order valence-corrected chi connectivity index (χ0v) is 12.5. The van der Waals surface area contributed by atoms with Crippen LogP contribution < -0.4 is 10.2 Å². The van der Waals surface area contributed by atoms with Crippen LogP contribution in [0, 0.1) is 0 Å². The third kappa shape index (κ3) is 6.56. The van der Waals surface area contributed by atoms with Crippen LogP contribution in [-0.2, 0) is 20.7 Å². The lowest BCUT2D eigenvalue weighted by Crippen LogP contribution is -2.22. The number of rotatable bonds is 7. The Morgan fingerprint density at radius 3 is 2.48 bits per heavy atom. The van der Waals surface area contributed by atoms with Gasteiger partial charge in [-0.05, 0) is 31.5 Å². The molecule has 1 aromatic carbocycles. The molecule has 0 radical (unpaired) electrons. The number of nitrogens with zero attached hydrogens (tertiary/aromatic N) is 1. The maximum atomic E-state index is 11.7. The van der Waals surface area contributed by atoms with Gasteiger partial charge in [-0.3, -0.25) is 9.59 Å². The number of ether oxygens (including phenoxy) is 2. The molecular weight excluding hydrogens is 272 g/mol. The van der Waals surface area contributed by atoms with Gasteiger partial charge in [0.15, 0.2) is 0 Å². The molecule has 114 valence electrons. The highest BCUT2D eigenvalue weighted by Crippen LogP contribution is 2.11. The highest BCUT2D eigenvalue weighted by Gasteiger charge is 2.06. The van der Waals surface area contributed by atoms with Gasteiger partial charge < -0.3 is 9.47 Å². The SMILES string of the molecule is CCOC(=O)C/C(C)=N/NC(=O)Cc1ccc(OC)cc1. The summed E-state index contributed by atoms with van der Waals surface area (Å²) in [6.07, 6.45) is 0.275. The minimum atomic E-state index is -0.358. The smallest absolute Gasteiger partial charge is 0.311 e. The monoisotopic (exact) mass is 292 g/mol. The minimum Gasteiger partial charge on any atom is -0.497 e. The zero-order valence-electron chi connectivity index (χ0n) is 12.5. The average molecular weight is 292 g/mol. The van der Waals surface area contributed by atoms with Crippen LogP contribution in [0.2, 0.25) is 0 Å². The minimum absolute atomic E-state index is 0.0661. The lowest BCUT2D eigenvalue weighted by Gasteiger charge is -2.04. The molecule has 1 aromatic rings. The summed E-state index contributed by atoms with van der Waals surface area (Å²) in [6, 6.07) is 7.21. The summed E-state index contributed by atoms with van der Waals surface area (Å²) < 4.78 is 9.84. The predicted molar refractivity (Wildman–Crippen MR) is 79.2 cm³/mol. The lowest BCUT2D eigenvalue weighted by molar-refractivity contribution is -0.141. The van der Waals surface area contributed by atoms with Crippen LogP contribution in [-0.4, -0.2) is 31.3 Å². The van der Waals surface area contributed by atoms with Gasteiger partial charge in [0.25, 0.3) is 0 Å². The second-order valence-corrected chi connectivity index (χ2v) is 4.39. The Morgan fingerprint density at radius 2 is 1.90 bits per heavy atom. The molecule has 6 heteroatoms. The van der Waals surface area contributed by atoms with Crippen LogP contribution in [0.25, 0.3) is 0 Å². The van der Waals surface area contributed by atoms with Crippen molar-refractivity contribution in [2.45, 2.75) is 26.7 Å². The van der Waals surface area contributed by atoms with Crippen molar-refractivity contribution in [2.24, 2.45) is 5.10 Å². The first-order chi connectivity index (χ1) is 10.0. The van der Waals surface area contributed by atoms with E-state index in [-0.39, 0.29) is 24.7 Å². The molecule has 0 bridgehead atoms. The van der Waals surface area contributed by atoms with Gasteiger partial charge in [-0.1, -0.05) is 12.1 Å². The normalized spacial score (nSPS) is 10.9. The van der Waals surface area contributed by atoms with E-state index in [9.17, 15) is 9.59 Å². The first kappa shape index (κ1) is 16.7. The van der Waals surface area contributed by atoms with Crippen LogP contribution in [0.3, 0.4) is 0 Å². The van der Waals surface area contributed by atoms with E-state index in [1.165, 1.54) is 0 Å². The van der Waals surface area contributed by atoms with E-state index >= 15 is 0 Å². The fraction of sp³-hybridized carbons (Fsp3) is 0.400. The van der Waals surface area contributed by atoms with E-state index in [0.29, 0.717) is 12.3 Å². The largest absolute Gasteiger partial charge is 0.497 e. The summed E-state index contributed by atoms with van der Waals surface area (Å²) in [7, 11) is 1.59. The van der Waals surface area contributed by atoms with Gasteiger partial charge in [0.1, 0.15) is 5.75 Å². The molecule has 0 atom stereocenters. The molecule has 6 nitrogen and oxygen atoms in total. The first-order valence-corrected chi connectivity index (χ1v) is 6.65. The molecular formula is C15H20N2O4. The maximum Gasteiger partial charge on any atom is 0.311 e. The van der Waals surface area contributed by atoms with E-state index in [1.54, 1.807) is 33.1 Å². The van der Waals surface area contributed by atoms with Crippen molar-refractivity contribution in [3.05, 3.63) is 29.8 Å². The number of hydrogen-bond donors (Lipinski definition) is 1. The second-order valence-electron chi connectivity index (χ2n) is 4.39. The summed E-state index contributed by atoms with van der Waals surface area (Å²) in [4.78, 5) is 22.9. The van der Waals surface area contributed by atoms with Crippen molar-refractivity contribution in [1.82, 2.24) is 5.43 Å². The number of benzene rings is 1. The van der Waals surface area contributed by atoms with Gasteiger partial charge in [0.05, 0.1) is 26.6 Å². The molecule has 0 saturated carbocycles. The molecule has 1 rings (SSSR count). The van der Waals surface area contributed by atoms with E-state index in [2.05, 4.69) is 10.5 Å². The molecule has 0 aliphatic carbocycles. The summed E-state index contributed by atoms with van der Waals surface area (Å²) in [5, 5.41) is 3.87. The molecule has 0 spiro atoms. The number of esters is 1. The van der Waals surface area contributed by atoms with Crippen LogP contribution in [0.1, 0.15) is 25.8 Å². The molecule has 0 aromatic heterocycles. The summed E-state index contributed by atoms with van der Waals surface area (Å²) >= 11 is 0. The molecule has 0 aliphatic rings. The molecule has 0 unspecified atom stereocenters. The Labute approximate surface area is 124 Å². The number of nitrogens with one attached hydrogen (secondary N) is 1. The van der Waals surface area contributed by atoms with E-state index < -0.39 is 0 Å². The Hall–Kier alpha value is -2.37. The fourth-order valence-electron chi connectivity index (χ4n) is 1.59. The van der Waals surface area contributed by atoms with Crippen molar-refractivity contribution >= 4 is 17.6 Å². The number of carbonyl (C=O) groups is 2. The molecule has 0 saturated heterocycles. The van der Waals surface area contributed by atoms with E-state index in [4.69, 9.17) is 9.47 Å². The number of methoxy groups -OCH3 is 1. The Kier molecular flexibility index (Phi) is 6.94. The molecule has 0 fully saturated rings. The molecule has 0 aliphatic heterocycles. The van der Waals surface area contributed by atoms with Crippen molar-refractivity contribution in [3.8, 4) is 5.75 Å². The van der Waals surface area contributed by atoms with Gasteiger partial charge in [0.2, 0.25) is 5.91 Å². The number of hydrogen-bond acceptors (Lipinski definition) is 5. The number of hydrazone groups is 1. The summed E-state index contributed by atoms with van der Waals surface area (Å²) in [6.45, 7) is 3.72. The van der Waals surface area contributed by atoms with Crippen molar-refractivity contribution < 1.29 is 19.1 Å². The molecule has 0 heterocycles. The Morgan fingerprint density at radius 1 is 1.24 bits per heavy atom. The zero-order chi connectivity index (χ0) is 15.7. The standard InChI is InChI=1S/C15H20N2O4/c1-4-21-15(19)9-11(2)16-17-14(18)10-12-5-7-13(20-3)8-6-12/h5-8H,4,9-10H2,1-3H3,(H,17,18)/b16-11+. The summed E-state index contributed by atoms with van der Waals surface area (Å²) in [5.74, 6) is 0.133. The van der Waals surface area contributed by atoms with Crippen molar-refractivity contribution in [2.75, 3.05) is 13.7 Å². The maximum absolute atomic E-state index is 11.7. The third-order valence-electron chi connectivity index (χ3n) is 2.60. The highest BCUT2D eigenvalue weighted by molar-refractivity contribution is 5.98. The fourth-order valence-corrected chi connectivity index (χ4v) is 1.59. The van der Waals surface area contributed by atoms with Gasteiger partial charge in [-0.25, -0.2) is 5.43 Å². The van der Waals surface area contributed by atoms with Crippen LogP contribution >= 0.6 is 0 Å². The number of carbonyl (C=O) groups excluding carboxylic acids is 2. The lowest BCUT2D eigenvalue weighted by atomic mass is 10.1. The topological polar surface area (TPSA) is 77.0 Å². The third-order valence-corrected chi connectivity index (χ3v) is 2.60. The van der Waals surface area contributed by atoms with Gasteiger partial charge in [-0.15, -0.1) is 0 Å². The highest BCUT2D eigenvalue weighted by atomic mass is 16.5. The first-order valence-electron chi connectivity index (χ1n) is 6.65. The van der Waals surface area contributed by atoms with Gasteiger partial charge >= 0.3 is 5.97 Å². The van der Waals surface area contributed by atoms with E-state index in [0.717, 1.165) is 11.3 Å². The molecule has 21 heavy (non-hydrogen) atoms. The summed E-state index contributed by atoms with van der Waals surface area (Å²) in [5.41, 5.74) is 3.77. The van der Waals surface area contributed by atoms with Crippen LogP contribution in [0.4, 0.5) is 0 Å². The second kappa shape index (κ2) is 8.73. The van der Waals surface area contributed by atoms with Gasteiger partial charge in [0, 0.05) is 5.71 Å². The van der Waals surface area contributed by atoms with Crippen molar-refractivity contribution in [3.63, 3.8) is 0 Å². The Bertz CT molecular complexity index is 509. The molecule has 1 N–H and O–H groups in total. The average Bonchev–Trinajstić information content (AvgIpc) is 2.46. The van der Waals surface area contributed by atoms with Crippen LogP contribution in [0.15, 0.2) is 29.4 Å². The quantitative estimate of drug-likeness (QED) is 0.471. The van der Waals surface area contributed by atoms with Gasteiger partial charge in [-0.2, -0.15) is 5.10 Å². The molecule has 1 amide bonds.